The maximum atomic E-state index is 12.7. The van der Waals surface area contributed by atoms with Gasteiger partial charge in [-0.1, -0.05) is 6.92 Å². The van der Waals surface area contributed by atoms with E-state index in [-0.39, 0.29) is 5.92 Å². The Balaban J connectivity index is 2.82. The van der Waals surface area contributed by atoms with Crippen LogP contribution in [0, 0.1) is 17.6 Å². The Morgan fingerprint density at radius 3 is 2.31 bits per heavy atom. The Labute approximate surface area is 75.4 Å². The SMILES string of the molecule is CC(C=O)Cc1cc(F)cc(F)c1. The lowest BCUT2D eigenvalue weighted by molar-refractivity contribution is -0.110. The molecule has 1 nitrogen and oxygen atoms in total. The Bertz CT molecular complexity index is 290. The van der Waals surface area contributed by atoms with E-state index in [1.54, 1.807) is 6.92 Å². The number of rotatable bonds is 3. The van der Waals surface area contributed by atoms with Crippen molar-refractivity contribution in [2.45, 2.75) is 13.3 Å². The number of hydrogen-bond acceptors (Lipinski definition) is 1. The van der Waals surface area contributed by atoms with Gasteiger partial charge in [0.1, 0.15) is 17.9 Å². The van der Waals surface area contributed by atoms with E-state index in [1.165, 1.54) is 12.1 Å². The van der Waals surface area contributed by atoms with E-state index in [1.807, 2.05) is 0 Å². The summed E-state index contributed by atoms with van der Waals surface area (Å²) in [5.74, 6) is -1.41. The van der Waals surface area contributed by atoms with Crippen molar-refractivity contribution in [3.05, 3.63) is 35.4 Å². The van der Waals surface area contributed by atoms with E-state index >= 15 is 0 Å². The standard InChI is InChI=1S/C10H10F2O/c1-7(6-13)2-8-3-9(11)5-10(12)4-8/h3-7H,2H2,1H3. The zero-order valence-electron chi connectivity index (χ0n) is 7.26. The molecule has 70 valence electrons. The molecule has 0 bridgehead atoms. The fourth-order valence-corrected chi connectivity index (χ4v) is 1.15. The first-order valence-corrected chi connectivity index (χ1v) is 4.02. The van der Waals surface area contributed by atoms with Gasteiger partial charge in [0, 0.05) is 12.0 Å². The van der Waals surface area contributed by atoms with Gasteiger partial charge in [0.15, 0.2) is 0 Å². The number of hydrogen-bond donors (Lipinski definition) is 0. The first kappa shape index (κ1) is 9.84. The number of benzene rings is 1. The lowest BCUT2D eigenvalue weighted by Crippen LogP contribution is -2.01. The zero-order chi connectivity index (χ0) is 9.84. The average Bonchev–Trinajstić information content (AvgIpc) is 2.02. The van der Waals surface area contributed by atoms with Crippen LogP contribution in [0.2, 0.25) is 0 Å². The molecule has 1 unspecified atom stereocenters. The van der Waals surface area contributed by atoms with E-state index in [2.05, 4.69) is 0 Å². The third-order valence-electron chi connectivity index (χ3n) is 1.71. The highest BCUT2D eigenvalue weighted by molar-refractivity contribution is 5.53. The van der Waals surface area contributed by atoms with Crippen molar-refractivity contribution < 1.29 is 13.6 Å². The molecule has 0 fully saturated rings. The molecule has 0 N–H and O–H groups in total. The van der Waals surface area contributed by atoms with Gasteiger partial charge in [-0.3, -0.25) is 0 Å². The van der Waals surface area contributed by atoms with E-state index in [0.29, 0.717) is 12.0 Å². The second kappa shape index (κ2) is 4.12. The molecule has 3 heteroatoms. The number of halogens is 2. The predicted molar refractivity (Wildman–Crippen MR) is 45.3 cm³/mol. The van der Waals surface area contributed by atoms with Crippen LogP contribution in [-0.2, 0) is 11.2 Å². The minimum Gasteiger partial charge on any atom is -0.303 e. The van der Waals surface area contributed by atoms with Gasteiger partial charge in [-0.15, -0.1) is 0 Å². The van der Waals surface area contributed by atoms with Gasteiger partial charge in [-0.2, -0.15) is 0 Å². The Hall–Kier alpha value is -1.25. The molecule has 0 aliphatic rings. The maximum absolute atomic E-state index is 12.7. The minimum atomic E-state index is -0.604. The zero-order valence-corrected chi connectivity index (χ0v) is 7.26. The Morgan fingerprint density at radius 2 is 1.85 bits per heavy atom. The van der Waals surface area contributed by atoms with Crippen molar-refractivity contribution in [1.29, 1.82) is 0 Å². The summed E-state index contributed by atoms with van der Waals surface area (Å²) in [6.07, 6.45) is 1.14. The van der Waals surface area contributed by atoms with Crippen molar-refractivity contribution >= 4 is 6.29 Å². The molecule has 0 heterocycles. The predicted octanol–water partition coefficient (Wildman–Crippen LogP) is 2.34. The number of aldehydes is 1. The molecule has 0 aliphatic carbocycles. The normalized spacial score (nSPS) is 12.5. The third-order valence-corrected chi connectivity index (χ3v) is 1.71. The molecular weight excluding hydrogens is 174 g/mol. The van der Waals surface area contributed by atoms with Gasteiger partial charge in [-0.25, -0.2) is 8.78 Å². The van der Waals surface area contributed by atoms with Gasteiger partial charge < -0.3 is 4.79 Å². The van der Waals surface area contributed by atoms with Crippen molar-refractivity contribution in [3.8, 4) is 0 Å². The summed E-state index contributed by atoms with van der Waals surface area (Å²) in [7, 11) is 0. The monoisotopic (exact) mass is 184 g/mol. The molecule has 1 rings (SSSR count). The van der Waals surface area contributed by atoms with Crippen molar-refractivity contribution in [2.24, 2.45) is 5.92 Å². The smallest absolute Gasteiger partial charge is 0.126 e. The molecule has 0 amide bonds. The van der Waals surface area contributed by atoms with Gasteiger partial charge >= 0.3 is 0 Å². The summed E-state index contributed by atoms with van der Waals surface area (Å²) in [5.41, 5.74) is 0.511. The maximum Gasteiger partial charge on any atom is 0.126 e. The summed E-state index contributed by atoms with van der Waals surface area (Å²) in [6.45, 7) is 1.70. The van der Waals surface area contributed by atoms with Gasteiger partial charge in [-0.05, 0) is 24.1 Å². The quantitative estimate of drug-likeness (QED) is 0.659. The van der Waals surface area contributed by atoms with Crippen LogP contribution in [0.1, 0.15) is 12.5 Å². The summed E-state index contributed by atoms with van der Waals surface area (Å²) in [5, 5.41) is 0. The molecule has 1 aromatic carbocycles. The molecule has 0 aliphatic heterocycles. The van der Waals surface area contributed by atoms with Gasteiger partial charge in [0.2, 0.25) is 0 Å². The van der Waals surface area contributed by atoms with Crippen LogP contribution in [0.15, 0.2) is 18.2 Å². The van der Waals surface area contributed by atoms with Crippen LogP contribution >= 0.6 is 0 Å². The van der Waals surface area contributed by atoms with Crippen LogP contribution < -0.4 is 0 Å². The molecule has 13 heavy (non-hydrogen) atoms. The molecular formula is C10H10F2O. The average molecular weight is 184 g/mol. The second-order valence-corrected chi connectivity index (χ2v) is 3.10. The summed E-state index contributed by atoms with van der Waals surface area (Å²) >= 11 is 0. The largest absolute Gasteiger partial charge is 0.303 e. The molecule has 1 aromatic rings. The topological polar surface area (TPSA) is 17.1 Å². The van der Waals surface area contributed by atoms with Crippen LogP contribution in [0.5, 0.6) is 0 Å². The summed E-state index contributed by atoms with van der Waals surface area (Å²) in [6, 6.07) is 3.29. The van der Waals surface area contributed by atoms with Crippen LogP contribution in [-0.4, -0.2) is 6.29 Å². The Kier molecular flexibility index (Phi) is 3.12. The van der Waals surface area contributed by atoms with Crippen LogP contribution in [0.4, 0.5) is 8.78 Å². The summed E-state index contributed by atoms with van der Waals surface area (Å²) in [4.78, 5) is 10.3. The number of carbonyl (C=O) groups excluding carboxylic acids is 1. The lowest BCUT2D eigenvalue weighted by atomic mass is 10.0. The van der Waals surface area contributed by atoms with E-state index in [0.717, 1.165) is 12.4 Å². The molecule has 0 saturated heterocycles. The van der Waals surface area contributed by atoms with E-state index < -0.39 is 11.6 Å². The first-order valence-electron chi connectivity index (χ1n) is 4.02. The highest BCUT2D eigenvalue weighted by atomic mass is 19.1. The first-order chi connectivity index (χ1) is 6.11. The molecule has 0 saturated carbocycles. The Morgan fingerprint density at radius 1 is 1.31 bits per heavy atom. The number of carbonyl (C=O) groups is 1. The summed E-state index contributed by atoms with van der Waals surface area (Å²) < 4.78 is 25.3. The van der Waals surface area contributed by atoms with Crippen LogP contribution in [0.25, 0.3) is 0 Å². The van der Waals surface area contributed by atoms with Gasteiger partial charge in [0.25, 0.3) is 0 Å². The highest BCUT2D eigenvalue weighted by Gasteiger charge is 2.04. The van der Waals surface area contributed by atoms with Crippen molar-refractivity contribution in [3.63, 3.8) is 0 Å². The second-order valence-electron chi connectivity index (χ2n) is 3.10. The minimum absolute atomic E-state index is 0.207. The fraction of sp³-hybridized carbons (Fsp3) is 0.300. The van der Waals surface area contributed by atoms with Crippen molar-refractivity contribution in [1.82, 2.24) is 0 Å². The van der Waals surface area contributed by atoms with Crippen molar-refractivity contribution in [2.75, 3.05) is 0 Å². The fourth-order valence-electron chi connectivity index (χ4n) is 1.15. The highest BCUT2D eigenvalue weighted by Crippen LogP contribution is 2.11. The lowest BCUT2D eigenvalue weighted by Gasteiger charge is -2.03. The molecule has 0 spiro atoms. The molecule has 0 radical (unpaired) electrons. The van der Waals surface area contributed by atoms with E-state index in [4.69, 9.17) is 0 Å². The van der Waals surface area contributed by atoms with E-state index in [9.17, 15) is 13.6 Å². The van der Waals surface area contributed by atoms with Crippen LogP contribution in [0.3, 0.4) is 0 Å². The molecule has 0 aromatic heterocycles. The molecule has 1 atom stereocenters. The van der Waals surface area contributed by atoms with Gasteiger partial charge in [0.05, 0.1) is 0 Å². The third kappa shape index (κ3) is 2.93.